The van der Waals surface area contributed by atoms with Gasteiger partial charge in [-0.25, -0.2) is 0 Å². The molecule has 0 heterocycles. The minimum Gasteiger partial charge on any atom is -0.396 e. The van der Waals surface area contributed by atoms with Gasteiger partial charge in [0, 0.05) is 25.8 Å². The summed E-state index contributed by atoms with van der Waals surface area (Å²) >= 11 is 0. The minimum atomic E-state index is -0.282. The maximum Gasteiger partial charge on any atom is 0.237 e. The first-order chi connectivity index (χ1) is 8.04. The molecule has 0 saturated carbocycles. The summed E-state index contributed by atoms with van der Waals surface area (Å²) in [6.45, 7) is 6.40. The Kier molecular flexibility index (Phi) is 9.03. The van der Waals surface area contributed by atoms with Gasteiger partial charge in [0.1, 0.15) is 0 Å². The maximum absolute atomic E-state index is 11.8. The van der Waals surface area contributed by atoms with E-state index >= 15 is 0 Å². The fourth-order valence-corrected chi connectivity index (χ4v) is 1.47. The van der Waals surface area contributed by atoms with Crippen molar-refractivity contribution in [3.8, 4) is 0 Å². The number of rotatable bonds is 9. The molecule has 3 atom stereocenters. The topological polar surface area (TPSA) is 70.6 Å². The predicted octanol–water partition coefficient (Wildman–Crippen LogP) is 0.277. The molecule has 0 spiro atoms. The Bertz CT molecular complexity index is 206. The quantitative estimate of drug-likeness (QED) is 0.546. The highest BCUT2D eigenvalue weighted by Gasteiger charge is 2.18. The number of ether oxygens (including phenoxy) is 1. The maximum atomic E-state index is 11.8. The molecular formula is C12H26N2O3. The van der Waals surface area contributed by atoms with Gasteiger partial charge in [0.2, 0.25) is 5.91 Å². The predicted molar refractivity (Wildman–Crippen MR) is 67.9 cm³/mol. The van der Waals surface area contributed by atoms with Gasteiger partial charge in [0.15, 0.2) is 0 Å². The second-order valence-corrected chi connectivity index (χ2v) is 4.37. The standard InChI is InChI=1S/C12H26N2O3/c1-5-9(2)13-12(16)10(3)14-11(6-7-15)8-17-4/h9-11,14-15H,5-8H2,1-4H3,(H,13,16). The highest BCUT2D eigenvalue weighted by molar-refractivity contribution is 5.81. The summed E-state index contributed by atoms with van der Waals surface area (Å²) < 4.78 is 5.03. The second kappa shape index (κ2) is 9.39. The SMILES string of the molecule is CCC(C)NC(=O)C(C)NC(CCO)COC. The van der Waals surface area contributed by atoms with Gasteiger partial charge in [-0.3, -0.25) is 4.79 Å². The Morgan fingerprint density at radius 1 is 1.41 bits per heavy atom. The summed E-state index contributed by atoms with van der Waals surface area (Å²) in [5.41, 5.74) is 0. The van der Waals surface area contributed by atoms with Crippen molar-refractivity contribution in [1.82, 2.24) is 10.6 Å². The van der Waals surface area contributed by atoms with Crippen LogP contribution in [-0.4, -0.2) is 49.5 Å². The van der Waals surface area contributed by atoms with Crippen molar-refractivity contribution in [3.05, 3.63) is 0 Å². The van der Waals surface area contributed by atoms with Crippen LogP contribution in [-0.2, 0) is 9.53 Å². The lowest BCUT2D eigenvalue weighted by Crippen LogP contribution is -2.50. The minimum absolute atomic E-state index is 0.00248. The van der Waals surface area contributed by atoms with E-state index in [4.69, 9.17) is 9.84 Å². The Morgan fingerprint density at radius 3 is 2.53 bits per heavy atom. The van der Waals surface area contributed by atoms with Crippen LogP contribution in [0.25, 0.3) is 0 Å². The number of nitrogens with one attached hydrogen (secondary N) is 2. The molecule has 0 saturated heterocycles. The zero-order valence-electron chi connectivity index (χ0n) is 11.3. The van der Waals surface area contributed by atoms with E-state index < -0.39 is 0 Å². The van der Waals surface area contributed by atoms with Crippen LogP contribution in [0.4, 0.5) is 0 Å². The molecule has 0 aromatic heterocycles. The molecule has 0 fully saturated rings. The Hall–Kier alpha value is -0.650. The second-order valence-electron chi connectivity index (χ2n) is 4.37. The van der Waals surface area contributed by atoms with Gasteiger partial charge in [-0.15, -0.1) is 0 Å². The summed E-state index contributed by atoms with van der Waals surface area (Å²) in [5.74, 6) is -0.0154. The zero-order chi connectivity index (χ0) is 13.3. The number of methoxy groups -OCH3 is 1. The molecule has 0 rings (SSSR count). The number of hydrogen-bond donors (Lipinski definition) is 3. The number of aliphatic hydroxyl groups excluding tert-OH is 1. The van der Waals surface area contributed by atoms with Crippen molar-refractivity contribution in [2.24, 2.45) is 0 Å². The van der Waals surface area contributed by atoms with Gasteiger partial charge in [-0.05, 0) is 26.7 Å². The smallest absolute Gasteiger partial charge is 0.237 e. The molecular weight excluding hydrogens is 220 g/mol. The van der Waals surface area contributed by atoms with E-state index in [0.717, 1.165) is 6.42 Å². The fraction of sp³-hybridized carbons (Fsp3) is 0.917. The van der Waals surface area contributed by atoms with Gasteiger partial charge >= 0.3 is 0 Å². The zero-order valence-corrected chi connectivity index (χ0v) is 11.3. The van der Waals surface area contributed by atoms with Crippen LogP contribution in [0.2, 0.25) is 0 Å². The lowest BCUT2D eigenvalue weighted by atomic mass is 10.1. The van der Waals surface area contributed by atoms with Crippen molar-refractivity contribution in [2.75, 3.05) is 20.3 Å². The van der Waals surface area contributed by atoms with Crippen LogP contribution >= 0.6 is 0 Å². The molecule has 3 N–H and O–H groups in total. The summed E-state index contributed by atoms with van der Waals surface area (Å²) in [6, 6.07) is -0.0937. The number of aliphatic hydroxyl groups is 1. The number of amides is 1. The normalized spacial score (nSPS) is 16.3. The van der Waals surface area contributed by atoms with Crippen molar-refractivity contribution in [3.63, 3.8) is 0 Å². The summed E-state index contributed by atoms with van der Waals surface area (Å²) in [7, 11) is 1.61. The highest BCUT2D eigenvalue weighted by Crippen LogP contribution is 1.96. The summed E-state index contributed by atoms with van der Waals surface area (Å²) in [6.07, 6.45) is 1.49. The largest absolute Gasteiger partial charge is 0.396 e. The molecule has 1 amide bonds. The lowest BCUT2D eigenvalue weighted by molar-refractivity contribution is -0.123. The van der Waals surface area contributed by atoms with Gasteiger partial charge in [-0.1, -0.05) is 6.92 Å². The Balaban J connectivity index is 4.10. The van der Waals surface area contributed by atoms with E-state index in [1.165, 1.54) is 0 Å². The Morgan fingerprint density at radius 2 is 2.06 bits per heavy atom. The molecule has 0 aliphatic heterocycles. The third-order valence-electron chi connectivity index (χ3n) is 2.73. The number of carbonyl (C=O) groups excluding carboxylic acids is 1. The summed E-state index contributed by atoms with van der Waals surface area (Å²) in [4.78, 5) is 11.8. The van der Waals surface area contributed by atoms with Crippen molar-refractivity contribution in [2.45, 2.75) is 51.7 Å². The number of hydrogen-bond acceptors (Lipinski definition) is 4. The monoisotopic (exact) mass is 246 g/mol. The molecule has 0 aromatic rings. The summed E-state index contributed by atoms with van der Waals surface area (Å²) in [5, 5.41) is 15.0. The van der Waals surface area contributed by atoms with E-state index in [9.17, 15) is 4.79 Å². The lowest BCUT2D eigenvalue weighted by Gasteiger charge is -2.23. The highest BCUT2D eigenvalue weighted by atomic mass is 16.5. The molecule has 17 heavy (non-hydrogen) atoms. The first kappa shape index (κ1) is 16.4. The molecule has 0 aliphatic carbocycles. The molecule has 5 heteroatoms. The molecule has 3 unspecified atom stereocenters. The van der Waals surface area contributed by atoms with Gasteiger partial charge in [0.25, 0.3) is 0 Å². The third-order valence-corrected chi connectivity index (χ3v) is 2.73. The van der Waals surface area contributed by atoms with E-state index in [1.807, 2.05) is 20.8 Å². The van der Waals surface area contributed by atoms with Crippen LogP contribution in [0.1, 0.15) is 33.6 Å². The fourth-order valence-electron chi connectivity index (χ4n) is 1.47. The van der Waals surface area contributed by atoms with Crippen LogP contribution in [0.3, 0.4) is 0 Å². The number of carbonyl (C=O) groups is 1. The van der Waals surface area contributed by atoms with Crippen molar-refractivity contribution in [1.29, 1.82) is 0 Å². The van der Waals surface area contributed by atoms with Gasteiger partial charge in [-0.2, -0.15) is 0 Å². The van der Waals surface area contributed by atoms with Crippen molar-refractivity contribution < 1.29 is 14.6 Å². The average Bonchev–Trinajstić information content (AvgIpc) is 2.29. The van der Waals surface area contributed by atoms with Crippen LogP contribution in [0.5, 0.6) is 0 Å². The van der Waals surface area contributed by atoms with Crippen LogP contribution in [0.15, 0.2) is 0 Å². The molecule has 0 aliphatic rings. The van der Waals surface area contributed by atoms with Crippen LogP contribution < -0.4 is 10.6 Å². The van der Waals surface area contributed by atoms with Gasteiger partial charge < -0.3 is 20.5 Å². The van der Waals surface area contributed by atoms with E-state index in [-0.39, 0.29) is 30.6 Å². The van der Waals surface area contributed by atoms with E-state index in [0.29, 0.717) is 13.0 Å². The molecule has 0 radical (unpaired) electrons. The molecule has 102 valence electrons. The molecule has 0 aromatic carbocycles. The van der Waals surface area contributed by atoms with Crippen molar-refractivity contribution >= 4 is 5.91 Å². The molecule has 0 bridgehead atoms. The Labute approximate surface area is 104 Å². The average molecular weight is 246 g/mol. The van der Waals surface area contributed by atoms with E-state index in [1.54, 1.807) is 7.11 Å². The van der Waals surface area contributed by atoms with Crippen LogP contribution in [0, 0.1) is 0 Å². The molecule has 5 nitrogen and oxygen atoms in total. The van der Waals surface area contributed by atoms with E-state index in [2.05, 4.69) is 10.6 Å². The first-order valence-electron chi connectivity index (χ1n) is 6.21. The third kappa shape index (κ3) is 7.31. The van der Waals surface area contributed by atoms with Gasteiger partial charge in [0.05, 0.1) is 12.6 Å². The first-order valence-corrected chi connectivity index (χ1v) is 6.21.